The summed E-state index contributed by atoms with van der Waals surface area (Å²) >= 11 is 1.23. The number of rotatable bonds is 2. The molecule has 0 unspecified atom stereocenters. The first-order valence-electron chi connectivity index (χ1n) is 5.61. The highest BCUT2D eigenvalue weighted by atomic mass is 32.1. The average Bonchev–Trinajstić information content (AvgIpc) is 2.58. The van der Waals surface area contributed by atoms with Crippen LogP contribution in [0.4, 0.5) is 5.69 Å². The van der Waals surface area contributed by atoms with Gasteiger partial charge in [-0.1, -0.05) is 17.7 Å². The lowest BCUT2D eigenvalue weighted by Crippen LogP contribution is -1.96. The molecule has 0 fully saturated rings. The highest BCUT2D eigenvalue weighted by Gasteiger charge is 2.16. The number of carboxylic acids is 1. The Bertz CT molecular complexity index is 606. The van der Waals surface area contributed by atoms with Gasteiger partial charge in [0.15, 0.2) is 0 Å². The minimum atomic E-state index is -0.967. The number of aryl methyl sites for hydroxylation is 3. The molecule has 0 saturated carbocycles. The Morgan fingerprint density at radius 1 is 1.17 bits per heavy atom. The van der Waals surface area contributed by atoms with Gasteiger partial charge in [0.1, 0.15) is 4.88 Å². The molecule has 0 spiro atoms. The molecule has 2 aromatic rings. The lowest BCUT2D eigenvalue weighted by atomic mass is 9.98. The topological polar surface area (TPSA) is 63.3 Å². The van der Waals surface area contributed by atoms with Crippen molar-refractivity contribution < 1.29 is 9.90 Å². The third kappa shape index (κ3) is 2.11. The van der Waals surface area contributed by atoms with E-state index in [9.17, 15) is 4.79 Å². The normalized spacial score (nSPS) is 10.6. The molecule has 3 nitrogen and oxygen atoms in total. The summed E-state index contributed by atoms with van der Waals surface area (Å²) in [4.78, 5) is 12.1. The molecule has 0 bridgehead atoms. The number of hydrogen-bond donors (Lipinski definition) is 2. The predicted octanol–water partition coefficient (Wildman–Crippen LogP) is 3.62. The van der Waals surface area contributed by atoms with E-state index < -0.39 is 5.97 Å². The van der Waals surface area contributed by atoms with Gasteiger partial charge in [-0.2, -0.15) is 0 Å². The Labute approximate surface area is 110 Å². The summed E-state index contributed by atoms with van der Waals surface area (Å²) in [7, 11) is 0. The summed E-state index contributed by atoms with van der Waals surface area (Å²) in [5, 5.41) is 9.04. The minimum Gasteiger partial charge on any atom is -0.477 e. The van der Waals surface area contributed by atoms with E-state index >= 15 is 0 Å². The number of carbonyl (C=O) groups is 1. The summed E-state index contributed by atoms with van der Waals surface area (Å²) < 4.78 is 0. The third-order valence-electron chi connectivity index (χ3n) is 2.88. The highest BCUT2D eigenvalue weighted by molar-refractivity contribution is 7.18. The lowest BCUT2D eigenvalue weighted by Gasteiger charge is -2.09. The molecule has 1 aromatic carbocycles. The maximum Gasteiger partial charge on any atom is 0.348 e. The molecule has 0 amide bonds. The Hall–Kier alpha value is -1.81. The molecule has 0 aliphatic carbocycles. The van der Waals surface area contributed by atoms with Crippen molar-refractivity contribution >= 4 is 23.0 Å². The van der Waals surface area contributed by atoms with Crippen molar-refractivity contribution in [3.8, 4) is 10.4 Å². The van der Waals surface area contributed by atoms with Crippen molar-refractivity contribution in [1.82, 2.24) is 0 Å². The number of carboxylic acid groups (broad SMARTS) is 1. The zero-order chi connectivity index (χ0) is 13.4. The van der Waals surface area contributed by atoms with Gasteiger partial charge in [0.25, 0.3) is 0 Å². The molecular formula is C14H15NO2S. The SMILES string of the molecule is Cc1cc(C)c(-c2cc(N)c(C(=O)O)s2)c(C)c1. The fourth-order valence-corrected chi connectivity index (χ4v) is 3.36. The second-order valence-corrected chi connectivity index (χ2v) is 5.53. The summed E-state index contributed by atoms with van der Waals surface area (Å²) in [6.45, 7) is 6.12. The predicted molar refractivity (Wildman–Crippen MR) is 75.3 cm³/mol. The Balaban J connectivity index is 2.63. The van der Waals surface area contributed by atoms with Gasteiger partial charge in [-0.15, -0.1) is 11.3 Å². The molecule has 4 heteroatoms. The van der Waals surface area contributed by atoms with Crippen molar-refractivity contribution in [2.45, 2.75) is 20.8 Å². The van der Waals surface area contributed by atoms with Gasteiger partial charge >= 0.3 is 5.97 Å². The minimum absolute atomic E-state index is 0.212. The van der Waals surface area contributed by atoms with E-state index in [0.717, 1.165) is 21.6 Å². The first-order valence-corrected chi connectivity index (χ1v) is 6.42. The third-order valence-corrected chi connectivity index (χ3v) is 4.03. The van der Waals surface area contributed by atoms with Crippen LogP contribution in [0.15, 0.2) is 18.2 Å². The highest BCUT2D eigenvalue weighted by Crippen LogP contribution is 2.37. The second kappa shape index (κ2) is 4.46. The van der Waals surface area contributed by atoms with Gasteiger partial charge < -0.3 is 10.8 Å². The molecule has 0 aliphatic heterocycles. The number of hydrogen-bond acceptors (Lipinski definition) is 3. The van der Waals surface area contributed by atoms with Crippen molar-refractivity contribution in [3.63, 3.8) is 0 Å². The molecular weight excluding hydrogens is 246 g/mol. The van der Waals surface area contributed by atoms with Gasteiger partial charge in [-0.05, 0) is 43.5 Å². The Kier molecular flexibility index (Phi) is 3.13. The maximum absolute atomic E-state index is 11.0. The number of anilines is 1. The molecule has 94 valence electrons. The van der Waals surface area contributed by atoms with Gasteiger partial charge in [-0.25, -0.2) is 4.79 Å². The van der Waals surface area contributed by atoms with Crippen LogP contribution in [0, 0.1) is 20.8 Å². The zero-order valence-corrected chi connectivity index (χ0v) is 11.4. The van der Waals surface area contributed by atoms with Crippen LogP contribution < -0.4 is 5.73 Å². The van der Waals surface area contributed by atoms with Crippen LogP contribution in [0.25, 0.3) is 10.4 Å². The van der Waals surface area contributed by atoms with Crippen LogP contribution in [0.3, 0.4) is 0 Å². The van der Waals surface area contributed by atoms with Gasteiger partial charge in [0.2, 0.25) is 0 Å². The quantitative estimate of drug-likeness (QED) is 0.867. The summed E-state index contributed by atoms with van der Waals surface area (Å²) in [6, 6.07) is 5.94. The van der Waals surface area contributed by atoms with Crippen molar-refractivity contribution in [2.24, 2.45) is 0 Å². The Morgan fingerprint density at radius 2 is 1.72 bits per heavy atom. The molecule has 1 aromatic heterocycles. The second-order valence-electron chi connectivity index (χ2n) is 4.47. The molecule has 1 heterocycles. The summed E-state index contributed by atoms with van der Waals surface area (Å²) in [5.74, 6) is -0.967. The van der Waals surface area contributed by atoms with E-state index in [-0.39, 0.29) is 4.88 Å². The van der Waals surface area contributed by atoms with Crippen molar-refractivity contribution in [2.75, 3.05) is 5.73 Å². The van der Waals surface area contributed by atoms with E-state index in [1.807, 2.05) is 13.8 Å². The van der Waals surface area contributed by atoms with E-state index in [2.05, 4.69) is 19.1 Å². The van der Waals surface area contributed by atoms with Crippen LogP contribution in [-0.2, 0) is 0 Å². The number of aromatic carboxylic acids is 1. The molecule has 3 N–H and O–H groups in total. The average molecular weight is 261 g/mol. The molecule has 0 aliphatic rings. The van der Waals surface area contributed by atoms with Crippen LogP contribution in [-0.4, -0.2) is 11.1 Å². The summed E-state index contributed by atoms with van der Waals surface area (Å²) in [5.41, 5.74) is 10.7. The lowest BCUT2D eigenvalue weighted by molar-refractivity contribution is 0.0703. The fourth-order valence-electron chi connectivity index (χ4n) is 2.26. The van der Waals surface area contributed by atoms with Crippen LogP contribution >= 0.6 is 11.3 Å². The monoisotopic (exact) mass is 261 g/mol. The van der Waals surface area contributed by atoms with E-state index in [1.165, 1.54) is 16.9 Å². The molecule has 18 heavy (non-hydrogen) atoms. The van der Waals surface area contributed by atoms with Gasteiger partial charge in [-0.3, -0.25) is 0 Å². The number of nitrogens with two attached hydrogens (primary N) is 1. The largest absolute Gasteiger partial charge is 0.477 e. The Morgan fingerprint density at radius 3 is 2.17 bits per heavy atom. The van der Waals surface area contributed by atoms with Crippen LogP contribution in [0.2, 0.25) is 0 Å². The zero-order valence-electron chi connectivity index (χ0n) is 10.6. The van der Waals surface area contributed by atoms with E-state index in [1.54, 1.807) is 6.07 Å². The molecule has 0 saturated heterocycles. The number of thiophene rings is 1. The first kappa shape index (κ1) is 12.6. The van der Waals surface area contributed by atoms with Gasteiger partial charge in [0.05, 0.1) is 5.69 Å². The number of nitrogen functional groups attached to an aromatic ring is 1. The molecule has 2 rings (SSSR count). The summed E-state index contributed by atoms with van der Waals surface area (Å²) in [6.07, 6.45) is 0. The van der Waals surface area contributed by atoms with Crippen molar-refractivity contribution in [3.05, 3.63) is 39.8 Å². The van der Waals surface area contributed by atoms with Crippen LogP contribution in [0.1, 0.15) is 26.4 Å². The van der Waals surface area contributed by atoms with Gasteiger partial charge in [0, 0.05) is 4.88 Å². The molecule has 0 radical (unpaired) electrons. The van der Waals surface area contributed by atoms with Crippen LogP contribution in [0.5, 0.6) is 0 Å². The maximum atomic E-state index is 11.0. The van der Waals surface area contributed by atoms with E-state index in [4.69, 9.17) is 10.8 Å². The standard InChI is InChI=1S/C14H15NO2S/c1-7-4-8(2)12(9(3)5-7)11-6-10(15)13(18-11)14(16)17/h4-6H,15H2,1-3H3,(H,16,17). The van der Waals surface area contributed by atoms with E-state index in [0.29, 0.717) is 5.69 Å². The molecule has 0 atom stereocenters. The fraction of sp³-hybridized carbons (Fsp3) is 0.214. The number of benzene rings is 1. The van der Waals surface area contributed by atoms with Crippen molar-refractivity contribution in [1.29, 1.82) is 0 Å². The smallest absolute Gasteiger partial charge is 0.348 e. The first-order chi connectivity index (χ1) is 8.40.